The van der Waals surface area contributed by atoms with Gasteiger partial charge >= 0.3 is 0 Å². The first-order valence-corrected chi connectivity index (χ1v) is 6.65. The van der Waals surface area contributed by atoms with Crippen LogP contribution in [0.5, 0.6) is 11.5 Å². The second kappa shape index (κ2) is 6.19. The van der Waals surface area contributed by atoms with Crippen molar-refractivity contribution in [2.24, 2.45) is 0 Å². The number of carbonyl (C=O) groups is 1. The first-order chi connectivity index (χ1) is 10.7. The highest BCUT2D eigenvalue weighted by atomic mass is 19.1. The third kappa shape index (κ3) is 3.18. The van der Waals surface area contributed by atoms with Crippen LogP contribution < -0.4 is 14.8 Å². The van der Waals surface area contributed by atoms with E-state index in [0.717, 1.165) is 0 Å². The maximum absolute atomic E-state index is 12.7. The van der Waals surface area contributed by atoms with Gasteiger partial charge < -0.3 is 14.8 Å². The monoisotopic (exact) mass is 297 g/mol. The number of rotatable bonds is 2. The summed E-state index contributed by atoms with van der Waals surface area (Å²) in [4.78, 5) is 12.0. The van der Waals surface area contributed by atoms with Crippen LogP contribution in [0.3, 0.4) is 0 Å². The van der Waals surface area contributed by atoms with Crippen molar-refractivity contribution in [2.75, 3.05) is 13.3 Å². The Balaban J connectivity index is 1.58. The SMILES string of the molecule is O=C(NCC#Cc1ccc(F)cc1)c1ccc2c(c1)OCO2. The second-order valence-corrected chi connectivity index (χ2v) is 4.56. The molecular weight excluding hydrogens is 285 g/mol. The number of amides is 1. The number of benzene rings is 2. The lowest BCUT2D eigenvalue weighted by Gasteiger charge is -2.02. The molecule has 0 saturated carbocycles. The van der Waals surface area contributed by atoms with Crippen molar-refractivity contribution in [1.82, 2.24) is 5.32 Å². The molecular formula is C17H12FNO3. The summed E-state index contributed by atoms with van der Waals surface area (Å²) in [5, 5.41) is 2.69. The minimum atomic E-state index is -0.304. The van der Waals surface area contributed by atoms with Gasteiger partial charge in [-0.2, -0.15) is 0 Å². The maximum atomic E-state index is 12.7. The number of ether oxygens (including phenoxy) is 2. The lowest BCUT2D eigenvalue weighted by atomic mass is 10.2. The Kier molecular flexibility index (Phi) is 3.92. The van der Waals surface area contributed by atoms with Gasteiger partial charge in [-0.1, -0.05) is 11.8 Å². The number of hydrogen-bond acceptors (Lipinski definition) is 3. The van der Waals surface area contributed by atoms with Gasteiger partial charge in [-0.15, -0.1) is 0 Å². The predicted octanol–water partition coefficient (Wildman–Crippen LogP) is 2.34. The molecule has 0 aromatic heterocycles. The molecule has 110 valence electrons. The summed E-state index contributed by atoms with van der Waals surface area (Å²) in [6.07, 6.45) is 0. The summed E-state index contributed by atoms with van der Waals surface area (Å²) in [5.74, 6) is 6.30. The van der Waals surface area contributed by atoms with Crippen molar-refractivity contribution in [1.29, 1.82) is 0 Å². The maximum Gasteiger partial charge on any atom is 0.252 e. The highest BCUT2D eigenvalue weighted by molar-refractivity contribution is 5.95. The molecule has 0 spiro atoms. The molecule has 1 heterocycles. The Hall–Kier alpha value is -3.00. The fourth-order valence-electron chi connectivity index (χ4n) is 1.94. The highest BCUT2D eigenvalue weighted by Crippen LogP contribution is 2.32. The van der Waals surface area contributed by atoms with E-state index >= 15 is 0 Å². The van der Waals surface area contributed by atoms with Gasteiger partial charge in [-0.25, -0.2) is 4.39 Å². The smallest absolute Gasteiger partial charge is 0.252 e. The van der Waals surface area contributed by atoms with E-state index in [1.54, 1.807) is 30.3 Å². The minimum absolute atomic E-state index is 0.170. The summed E-state index contributed by atoms with van der Waals surface area (Å²) in [7, 11) is 0. The predicted molar refractivity (Wildman–Crippen MR) is 78.2 cm³/mol. The van der Waals surface area contributed by atoms with Crippen LogP contribution in [-0.2, 0) is 0 Å². The Morgan fingerprint density at radius 2 is 1.91 bits per heavy atom. The first kappa shape index (κ1) is 14.0. The third-order valence-corrected chi connectivity index (χ3v) is 3.05. The van der Waals surface area contributed by atoms with Crippen LogP contribution >= 0.6 is 0 Å². The van der Waals surface area contributed by atoms with Gasteiger partial charge in [0.2, 0.25) is 6.79 Å². The van der Waals surface area contributed by atoms with E-state index in [2.05, 4.69) is 17.2 Å². The van der Waals surface area contributed by atoms with Gasteiger partial charge in [0, 0.05) is 11.1 Å². The molecule has 4 nitrogen and oxygen atoms in total. The van der Waals surface area contributed by atoms with Gasteiger partial charge in [-0.05, 0) is 42.5 Å². The summed E-state index contributed by atoms with van der Waals surface area (Å²) in [5.41, 5.74) is 1.17. The molecule has 0 atom stereocenters. The van der Waals surface area contributed by atoms with Gasteiger partial charge in [0.15, 0.2) is 11.5 Å². The molecule has 0 unspecified atom stereocenters. The van der Waals surface area contributed by atoms with Crippen molar-refractivity contribution in [3.63, 3.8) is 0 Å². The first-order valence-electron chi connectivity index (χ1n) is 6.65. The van der Waals surface area contributed by atoms with E-state index in [0.29, 0.717) is 22.6 Å². The van der Waals surface area contributed by atoms with Gasteiger partial charge in [0.05, 0.1) is 6.54 Å². The lowest BCUT2D eigenvalue weighted by Crippen LogP contribution is -2.23. The van der Waals surface area contributed by atoms with E-state index in [4.69, 9.17) is 9.47 Å². The number of nitrogens with one attached hydrogen (secondary N) is 1. The Morgan fingerprint density at radius 1 is 1.14 bits per heavy atom. The number of fused-ring (bicyclic) bond motifs is 1. The van der Waals surface area contributed by atoms with Crippen LogP contribution in [0.25, 0.3) is 0 Å². The Labute approximate surface area is 126 Å². The van der Waals surface area contributed by atoms with E-state index in [1.807, 2.05) is 0 Å². The zero-order valence-corrected chi connectivity index (χ0v) is 11.6. The lowest BCUT2D eigenvalue weighted by molar-refractivity contribution is 0.0958. The second-order valence-electron chi connectivity index (χ2n) is 4.56. The standard InChI is InChI=1S/C17H12FNO3/c18-14-6-3-12(4-7-14)2-1-9-19-17(20)13-5-8-15-16(10-13)22-11-21-15/h3-8,10H,9,11H2,(H,19,20). The summed E-state index contributed by atoms with van der Waals surface area (Å²) >= 11 is 0. The molecule has 2 aromatic rings. The van der Waals surface area contributed by atoms with E-state index < -0.39 is 0 Å². The van der Waals surface area contributed by atoms with Crippen molar-refractivity contribution in [3.8, 4) is 23.3 Å². The van der Waals surface area contributed by atoms with E-state index in [1.165, 1.54) is 12.1 Å². The fourth-order valence-corrected chi connectivity index (χ4v) is 1.94. The van der Waals surface area contributed by atoms with Gasteiger partial charge in [0.1, 0.15) is 5.82 Å². The minimum Gasteiger partial charge on any atom is -0.454 e. The largest absolute Gasteiger partial charge is 0.454 e. The number of carbonyl (C=O) groups excluding carboxylic acids is 1. The molecule has 0 saturated heterocycles. The molecule has 1 aliphatic rings. The summed E-state index contributed by atoms with van der Waals surface area (Å²) in [6.45, 7) is 0.369. The van der Waals surface area contributed by atoms with Gasteiger partial charge in [-0.3, -0.25) is 4.79 Å². The van der Waals surface area contributed by atoms with Gasteiger partial charge in [0.25, 0.3) is 5.91 Å². The molecule has 22 heavy (non-hydrogen) atoms. The van der Waals surface area contributed by atoms with Crippen LogP contribution in [0.1, 0.15) is 15.9 Å². The van der Waals surface area contributed by atoms with Crippen molar-refractivity contribution in [3.05, 3.63) is 59.4 Å². The zero-order valence-electron chi connectivity index (χ0n) is 11.6. The molecule has 0 radical (unpaired) electrons. The average Bonchev–Trinajstić information content (AvgIpc) is 3.00. The topological polar surface area (TPSA) is 47.6 Å². The zero-order chi connectivity index (χ0) is 15.4. The van der Waals surface area contributed by atoms with Crippen LogP contribution in [0.4, 0.5) is 4.39 Å². The van der Waals surface area contributed by atoms with Crippen molar-refractivity contribution >= 4 is 5.91 Å². The Morgan fingerprint density at radius 3 is 2.73 bits per heavy atom. The quantitative estimate of drug-likeness (QED) is 0.866. The summed E-state index contributed by atoms with van der Waals surface area (Å²) in [6, 6.07) is 10.8. The van der Waals surface area contributed by atoms with Crippen LogP contribution in [-0.4, -0.2) is 19.2 Å². The van der Waals surface area contributed by atoms with Crippen LogP contribution in [0.15, 0.2) is 42.5 Å². The molecule has 2 aromatic carbocycles. The number of halogens is 1. The molecule has 0 aliphatic carbocycles. The molecule has 1 N–H and O–H groups in total. The molecule has 0 fully saturated rings. The van der Waals surface area contributed by atoms with E-state index in [9.17, 15) is 9.18 Å². The fraction of sp³-hybridized carbons (Fsp3) is 0.118. The highest BCUT2D eigenvalue weighted by Gasteiger charge is 2.15. The van der Waals surface area contributed by atoms with Crippen LogP contribution in [0, 0.1) is 17.7 Å². The van der Waals surface area contributed by atoms with Crippen molar-refractivity contribution in [2.45, 2.75) is 0 Å². The van der Waals surface area contributed by atoms with Crippen LogP contribution in [0.2, 0.25) is 0 Å². The molecule has 1 amide bonds. The molecule has 5 heteroatoms. The summed E-state index contributed by atoms with van der Waals surface area (Å²) < 4.78 is 23.1. The molecule has 1 aliphatic heterocycles. The molecule has 3 rings (SSSR count). The Bertz CT molecular complexity index is 760. The average molecular weight is 297 g/mol. The molecule has 0 bridgehead atoms. The van der Waals surface area contributed by atoms with E-state index in [-0.39, 0.29) is 25.1 Å². The number of hydrogen-bond donors (Lipinski definition) is 1. The van der Waals surface area contributed by atoms with Crippen molar-refractivity contribution < 1.29 is 18.7 Å². The normalized spacial score (nSPS) is 11.5. The third-order valence-electron chi connectivity index (χ3n) is 3.05.